The van der Waals surface area contributed by atoms with E-state index in [1.807, 2.05) is 6.92 Å². The standard InChI is InChI=1S/C18H24NO6Si/c1-6-13-9-8-10-14-15(13)17(21)19(16(14)20)26(7-2)12-25-18(23-4,24-5)11-22-3/h6,8-10H,1,7,11-12H2,2-5H3. The number of imide groups is 1. The molecule has 8 heteroatoms. The Balaban J connectivity index is 2.25. The van der Waals surface area contributed by atoms with E-state index in [2.05, 4.69) is 6.58 Å². The van der Waals surface area contributed by atoms with Gasteiger partial charge in [-0.15, -0.1) is 0 Å². The molecule has 0 aliphatic carbocycles. The lowest BCUT2D eigenvalue weighted by Crippen LogP contribution is -2.50. The molecular weight excluding hydrogens is 354 g/mol. The molecule has 1 aliphatic heterocycles. The number of benzene rings is 1. The van der Waals surface area contributed by atoms with Crippen LogP contribution in [0.4, 0.5) is 0 Å². The summed E-state index contributed by atoms with van der Waals surface area (Å²) >= 11 is 0. The van der Waals surface area contributed by atoms with Crippen LogP contribution in [0.15, 0.2) is 24.8 Å². The predicted octanol–water partition coefficient (Wildman–Crippen LogP) is 2.09. The molecule has 0 bridgehead atoms. The fraction of sp³-hybridized carbons (Fsp3) is 0.444. The zero-order chi connectivity index (χ0) is 19.3. The van der Waals surface area contributed by atoms with Gasteiger partial charge in [0.2, 0.25) is 8.96 Å². The molecule has 2 rings (SSSR count). The van der Waals surface area contributed by atoms with Crippen molar-refractivity contribution in [1.29, 1.82) is 0 Å². The summed E-state index contributed by atoms with van der Waals surface area (Å²) in [5.41, 5.74) is 1.47. The van der Waals surface area contributed by atoms with Crippen LogP contribution in [0.5, 0.6) is 0 Å². The van der Waals surface area contributed by atoms with Gasteiger partial charge in [-0.1, -0.05) is 31.7 Å². The number of methoxy groups -OCH3 is 3. The number of nitrogens with zero attached hydrogens (tertiary/aromatic N) is 1. The van der Waals surface area contributed by atoms with E-state index in [4.69, 9.17) is 18.9 Å². The highest BCUT2D eigenvalue weighted by Gasteiger charge is 2.43. The van der Waals surface area contributed by atoms with Gasteiger partial charge >= 0.3 is 5.97 Å². The van der Waals surface area contributed by atoms with E-state index in [1.165, 1.54) is 25.9 Å². The summed E-state index contributed by atoms with van der Waals surface area (Å²) in [5, 5.41) is 0. The molecule has 0 saturated heterocycles. The van der Waals surface area contributed by atoms with Crippen molar-refractivity contribution in [3.8, 4) is 0 Å². The number of amides is 2. The number of hydrogen-bond acceptors (Lipinski definition) is 6. The first-order valence-corrected chi connectivity index (χ1v) is 10.1. The molecule has 0 saturated carbocycles. The minimum Gasteiger partial charge on any atom is -0.376 e. The largest absolute Gasteiger partial charge is 0.376 e. The molecule has 0 spiro atoms. The summed E-state index contributed by atoms with van der Waals surface area (Å²) in [6, 6.07) is 5.81. The number of rotatable bonds is 10. The number of hydrogen-bond donors (Lipinski definition) is 0. The van der Waals surface area contributed by atoms with Crippen LogP contribution < -0.4 is 0 Å². The van der Waals surface area contributed by atoms with Crippen molar-refractivity contribution in [1.82, 2.24) is 4.57 Å². The Kier molecular flexibility index (Phi) is 6.85. The van der Waals surface area contributed by atoms with E-state index in [9.17, 15) is 9.59 Å². The van der Waals surface area contributed by atoms with Gasteiger partial charge in [0.25, 0.3) is 11.8 Å². The predicted molar refractivity (Wildman–Crippen MR) is 97.8 cm³/mol. The van der Waals surface area contributed by atoms with Crippen molar-refractivity contribution in [3.05, 3.63) is 41.5 Å². The first-order valence-electron chi connectivity index (χ1n) is 8.20. The van der Waals surface area contributed by atoms with Crippen molar-refractivity contribution in [2.75, 3.05) is 34.2 Å². The van der Waals surface area contributed by atoms with Gasteiger partial charge in [0.15, 0.2) is 0 Å². The Bertz CT molecular complexity index is 688. The summed E-state index contributed by atoms with van der Waals surface area (Å²) in [6.07, 6.45) is 1.74. The van der Waals surface area contributed by atoms with Gasteiger partial charge in [0.1, 0.15) is 6.61 Å². The van der Waals surface area contributed by atoms with Gasteiger partial charge in [-0.2, -0.15) is 0 Å². The van der Waals surface area contributed by atoms with Crippen LogP contribution in [0.25, 0.3) is 6.08 Å². The molecule has 2 amide bonds. The molecule has 0 atom stereocenters. The van der Waals surface area contributed by atoms with Gasteiger partial charge in [0, 0.05) is 21.3 Å². The van der Waals surface area contributed by atoms with Crippen molar-refractivity contribution in [2.24, 2.45) is 0 Å². The fourth-order valence-electron chi connectivity index (χ4n) is 2.82. The second-order valence-corrected chi connectivity index (χ2v) is 8.23. The zero-order valence-electron chi connectivity index (χ0n) is 15.5. The first-order chi connectivity index (χ1) is 12.5. The number of carbonyl (C=O) groups excluding carboxylic acids is 2. The van der Waals surface area contributed by atoms with Crippen molar-refractivity contribution in [3.63, 3.8) is 0 Å². The summed E-state index contributed by atoms with van der Waals surface area (Å²) < 4.78 is 22.8. The second kappa shape index (κ2) is 8.70. The quantitative estimate of drug-likeness (QED) is 0.353. The van der Waals surface area contributed by atoms with Gasteiger partial charge in [0.05, 0.1) is 17.4 Å². The summed E-state index contributed by atoms with van der Waals surface area (Å²) in [7, 11) is 2.73. The SMILES string of the molecule is C=Cc1cccc2c1C(=O)N([Si](CC)COC(COC)(OC)OC)C2=O. The van der Waals surface area contributed by atoms with Gasteiger partial charge < -0.3 is 23.5 Å². The summed E-state index contributed by atoms with van der Waals surface area (Å²) in [5.74, 6) is -1.96. The highest BCUT2D eigenvalue weighted by molar-refractivity contribution is 6.64. The molecule has 0 fully saturated rings. The van der Waals surface area contributed by atoms with E-state index in [-0.39, 0.29) is 24.7 Å². The molecular formula is C18H24NO6Si. The van der Waals surface area contributed by atoms with E-state index in [1.54, 1.807) is 24.3 Å². The van der Waals surface area contributed by atoms with Crippen LogP contribution in [0.1, 0.15) is 33.2 Å². The van der Waals surface area contributed by atoms with Crippen LogP contribution in [0.2, 0.25) is 6.04 Å². The highest BCUT2D eigenvalue weighted by Crippen LogP contribution is 2.28. The maximum atomic E-state index is 12.9. The molecule has 1 aromatic carbocycles. The average Bonchev–Trinajstić information content (AvgIpc) is 2.93. The van der Waals surface area contributed by atoms with Crippen LogP contribution >= 0.6 is 0 Å². The normalized spacial score (nSPS) is 14.3. The highest BCUT2D eigenvalue weighted by atomic mass is 28.3. The smallest absolute Gasteiger partial charge is 0.307 e. The molecule has 141 valence electrons. The minimum absolute atomic E-state index is 0.0571. The molecule has 0 aromatic heterocycles. The molecule has 1 aromatic rings. The molecule has 0 N–H and O–H groups in total. The first kappa shape index (κ1) is 20.5. The molecule has 1 radical (unpaired) electrons. The monoisotopic (exact) mass is 378 g/mol. The second-order valence-electron chi connectivity index (χ2n) is 5.65. The van der Waals surface area contributed by atoms with Crippen molar-refractivity contribution >= 4 is 26.8 Å². The average molecular weight is 378 g/mol. The number of fused-ring (bicyclic) bond motifs is 1. The van der Waals surface area contributed by atoms with Crippen LogP contribution in [-0.2, 0) is 18.9 Å². The Morgan fingerprint density at radius 1 is 1.19 bits per heavy atom. The molecule has 7 nitrogen and oxygen atoms in total. The molecule has 1 heterocycles. The Morgan fingerprint density at radius 3 is 2.42 bits per heavy atom. The van der Waals surface area contributed by atoms with Crippen molar-refractivity contribution < 1.29 is 28.5 Å². The van der Waals surface area contributed by atoms with E-state index in [0.717, 1.165) is 0 Å². The Morgan fingerprint density at radius 2 is 1.88 bits per heavy atom. The summed E-state index contributed by atoms with van der Waals surface area (Å²) in [6.45, 7) is 5.70. The topological polar surface area (TPSA) is 74.3 Å². The van der Waals surface area contributed by atoms with Crippen molar-refractivity contribution in [2.45, 2.75) is 18.9 Å². The van der Waals surface area contributed by atoms with Crippen LogP contribution in [0.3, 0.4) is 0 Å². The third-order valence-corrected chi connectivity index (χ3v) is 6.63. The molecule has 1 aliphatic rings. The van der Waals surface area contributed by atoms with Gasteiger partial charge in [-0.05, 0) is 17.7 Å². The molecule has 0 unspecified atom stereocenters. The van der Waals surface area contributed by atoms with E-state index >= 15 is 0 Å². The van der Waals surface area contributed by atoms with E-state index in [0.29, 0.717) is 22.7 Å². The Hall–Kier alpha value is -1.84. The third-order valence-electron chi connectivity index (χ3n) is 4.29. The maximum absolute atomic E-state index is 12.9. The van der Waals surface area contributed by atoms with Gasteiger partial charge in [-0.3, -0.25) is 9.59 Å². The van der Waals surface area contributed by atoms with Gasteiger partial charge in [-0.25, -0.2) is 0 Å². The zero-order valence-corrected chi connectivity index (χ0v) is 16.5. The lowest BCUT2D eigenvalue weighted by molar-refractivity contribution is -0.370. The Labute approximate surface area is 155 Å². The van der Waals surface area contributed by atoms with Crippen LogP contribution in [0, 0.1) is 0 Å². The lowest BCUT2D eigenvalue weighted by atomic mass is 10.0. The lowest BCUT2D eigenvalue weighted by Gasteiger charge is -2.32. The van der Waals surface area contributed by atoms with Crippen LogP contribution in [-0.4, -0.2) is 65.5 Å². The minimum atomic E-state index is -1.66. The summed E-state index contributed by atoms with van der Waals surface area (Å²) in [4.78, 5) is 25.7. The maximum Gasteiger partial charge on any atom is 0.307 e. The van der Waals surface area contributed by atoms with E-state index < -0.39 is 14.9 Å². The third kappa shape index (κ3) is 3.65. The number of carbonyl (C=O) groups is 2. The number of ether oxygens (including phenoxy) is 4. The fourth-order valence-corrected chi connectivity index (χ4v) is 4.67. The molecule has 26 heavy (non-hydrogen) atoms.